The van der Waals surface area contributed by atoms with Gasteiger partial charge in [-0.15, -0.1) is 0 Å². The molecule has 0 spiro atoms. The van der Waals surface area contributed by atoms with E-state index in [9.17, 15) is 0 Å². The second-order valence-electron chi connectivity index (χ2n) is 7.00. The summed E-state index contributed by atoms with van der Waals surface area (Å²) in [6.45, 7) is 2.17. The van der Waals surface area contributed by atoms with Gasteiger partial charge in [-0.2, -0.15) is 10.1 Å². The Kier molecular flexibility index (Phi) is 2.61. The summed E-state index contributed by atoms with van der Waals surface area (Å²) in [5.74, 6) is 5.22. The lowest BCUT2D eigenvalue weighted by Gasteiger charge is -2.54. The van der Waals surface area contributed by atoms with E-state index in [0.29, 0.717) is 12.0 Å². The van der Waals surface area contributed by atoms with Crippen LogP contribution >= 0.6 is 0 Å². The van der Waals surface area contributed by atoms with Gasteiger partial charge in [-0.1, -0.05) is 6.92 Å². The highest BCUT2D eigenvalue weighted by Gasteiger charge is 2.49. The summed E-state index contributed by atoms with van der Waals surface area (Å²) in [7, 11) is 0. The van der Waals surface area contributed by atoms with Crippen molar-refractivity contribution in [2.75, 3.05) is 5.73 Å². The Morgan fingerprint density at radius 3 is 2.32 bits per heavy atom. The molecule has 19 heavy (non-hydrogen) atoms. The Balaban J connectivity index is 1.65. The Morgan fingerprint density at radius 1 is 1.11 bits per heavy atom. The molecule has 4 bridgehead atoms. The molecule has 104 valence electrons. The molecule has 0 unspecified atom stereocenters. The first-order chi connectivity index (χ1) is 9.24. The van der Waals surface area contributed by atoms with Gasteiger partial charge in [0.2, 0.25) is 5.95 Å². The van der Waals surface area contributed by atoms with Crippen LogP contribution in [0.2, 0.25) is 0 Å². The first-order valence-electron chi connectivity index (χ1n) is 7.95. The van der Waals surface area contributed by atoms with Crippen LogP contribution in [0.5, 0.6) is 0 Å². The van der Waals surface area contributed by atoms with Gasteiger partial charge in [0.15, 0.2) is 5.82 Å². The number of hydrogen-bond acceptors (Lipinski definition) is 3. The van der Waals surface area contributed by atoms with Crippen LogP contribution in [0.4, 0.5) is 5.95 Å². The molecule has 1 aromatic rings. The van der Waals surface area contributed by atoms with E-state index in [1.165, 1.54) is 32.1 Å². The van der Waals surface area contributed by atoms with Crippen LogP contribution in [-0.2, 0) is 6.42 Å². The van der Waals surface area contributed by atoms with Crippen molar-refractivity contribution in [2.24, 2.45) is 23.7 Å². The predicted molar refractivity (Wildman–Crippen MR) is 74.5 cm³/mol. The molecular weight excluding hydrogens is 236 g/mol. The minimum absolute atomic E-state index is 0.547. The molecule has 0 amide bonds. The summed E-state index contributed by atoms with van der Waals surface area (Å²) in [4.78, 5) is 4.46. The van der Waals surface area contributed by atoms with Crippen LogP contribution in [0.3, 0.4) is 0 Å². The molecular formula is C15H24N4. The zero-order valence-corrected chi connectivity index (χ0v) is 11.8. The average Bonchev–Trinajstić information content (AvgIpc) is 2.69. The quantitative estimate of drug-likeness (QED) is 0.909. The van der Waals surface area contributed by atoms with Gasteiger partial charge in [0, 0.05) is 6.42 Å². The highest BCUT2D eigenvalue weighted by molar-refractivity contribution is 5.19. The predicted octanol–water partition coefficient (Wildman–Crippen LogP) is 2.81. The van der Waals surface area contributed by atoms with E-state index >= 15 is 0 Å². The zero-order chi connectivity index (χ0) is 13.0. The van der Waals surface area contributed by atoms with Crippen LogP contribution in [-0.4, -0.2) is 14.8 Å². The van der Waals surface area contributed by atoms with Gasteiger partial charge < -0.3 is 5.73 Å². The van der Waals surface area contributed by atoms with Crippen molar-refractivity contribution in [2.45, 2.75) is 57.9 Å². The number of rotatable bonds is 3. The fourth-order valence-corrected chi connectivity index (χ4v) is 5.23. The molecule has 1 heterocycles. The Bertz CT molecular complexity index is 450. The number of nitrogens with zero attached hydrogens (tertiary/aromatic N) is 3. The Morgan fingerprint density at radius 2 is 1.74 bits per heavy atom. The summed E-state index contributed by atoms with van der Waals surface area (Å²) < 4.78 is 2.10. The maximum Gasteiger partial charge on any atom is 0.218 e. The van der Waals surface area contributed by atoms with Gasteiger partial charge in [-0.3, -0.25) is 0 Å². The van der Waals surface area contributed by atoms with E-state index in [-0.39, 0.29) is 0 Å². The molecule has 4 saturated carbocycles. The summed E-state index contributed by atoms with van der Waals surface area (Å²) in [6.07, 6.45) is 9.14. The van der Waals surface area contributed by atoms with E-state index in [0.717, 1.165) is 42.3 Å². The third kappa shape index (κ3) is 1.79. The molecule has 4 fully saturated rings. The molecule has 4 aliphatic carbocycles. The molecule has 0 aliphatic heterocycles. The number of nitrogen functional groups attached to an aromatic ring is 1. The van der Waals surface area contributed by atoms with Crippen LogP contribution in [0.25, 0.3) is 0 Å². The molecule has 5 rings (SSSR count). The first kappa shape index (κ1) is 11.7. The lowest BCUT2D eigenvalue weighted by atomic mass is 9.54. The normalized spacial score (nSPS) is 39.9. The van der Waals surface area contributed by atoms with Crippen molar-refractivity contribution in [1.29, 1.82) is 0 Å². The van der Waals surface area contributed by atoms with Gasteiger partial charge >= 0.3 is 0 Å². The fraction of sp³-hybridized carbons (Fsp3) is 0.867. The molecule has 0 atom stereocenters. The number of hydrogen-bond donors (Lipinski definition) is 1. The molecule has 1 aromatic heterocycles. The summed E-state index contributed by atoms with van der Waals surface area (Å²) in [6, 6.07) is 0.547. The van der Waals surface area contributed by atoms with Gasteiger partial charge in [-0.25, -0.2) is 4.68 Å². The molecule has 4 nitrogen and oxygen atoms in total. The third-order valence-electron chi connectivity index (χ3n) is 5.63. The second kappa shape index (κ2) is 4.22. The number of aryl methyl sites for hydroxylation is 1. The van der Waals surface area contributed by atoms with Gasteiger partial charge in [0.05, 0.1) is 6.04 Å². The lowest BCUT2D eigenvalue weighted by Crippen LogP contribution is -2.46. The molecule has 0 radical (unpaired) electrons. The van der Waals surface area contributed by atoms with E-state index < -0.39 is 0 Å². The van der Waals surface area contributed by atoms with Gasteiger partial charge in [0.1, 0.15) is 0 Å². The van der Waals surface area contributed by atoms with Crippen molar-refractivity contribution in [3.05, 3.63) is 5.82 Å². The molecule has 0 saturated heterocycles. The Hall–Kier alpha value is -1.06. The molecule has 2 N–H and O–H groups in total. The maximum atomic E-state index is 6.14. The van der Waals surface area contributed by atoms with E-state index in [1.54, 1.807) is 0 Å². The van der Waals surface area contributed by atoms with Crippen LogP contribution in [0, 0.1) is 23.7 Å². The molecule has 4 heteroatoms. The van der Waals surface area contributed by atoms with Crippen molar-refractivity contribution < 1.29 is 0 Å². The Labute approximate surface area is 114 Å². The molecule has 4 aliphatic rings. The standard InChI is InChI=1S/C15H24N4/c1-2-3-13-17-15(16)19(18-13)14-11-5-9-4-10(7-11)8-12(14)6-9/h9-12,14H,2-8H2,1H3,(H2,16,17,18). The van der Waals surface area contributed by atoms with Gasteiger partial charge in [0.25, 0.3) is 0 Å². The van der Waals surface area contributed by atoms with E-state index in [1.807, 2.05) is 0 Å². The van der Waals surface area contributed by atoms with Crippen molar-refractivity contribution in [3.8, 4) is 0 Å². The lowest BCUT2D eigenvalue weighted by molar-refractivity contribution is -0.0329. The maximum absolute atomic E-state index is 6.14. The minimum Gasteiger partial charge on any atom is -0.368 e. The van der Waals surface area contributed by atoms with Gasteiger partial charge in [-0.05, 0) is 62.2 Å². The molecule has 0 aromatic carbocycles. The minimum atomic E-state index is 0.547. The number of nitrogens with two attached hydrogens (primary N) is 1. The third-order valence-corrected chi connectivity index (χ3v) is 5.63. The van der Waals surface area contributed by atoms with Crippen molar-refractivity contribution in [3.63, 3.8) is 0 Å². The monoisotopic (exact) mass is 260 g/mol. The highest BCUT2D eigenvalue weighted by Crippen LogP contribution is 2.58. The van der Waals surface area contributed by atoms with E-state index in [4.69, 9.17) is 10.8 Å². The topological polar surface area (TPSA) is 56.7 Å². The summed E-state index contributed by atoms with van der Waals surface area (Å²) >= 11 is 0. The smallest absolute Gasteiger partial charge is 0.218 e. The summed E-state index contributed by atoms with van der Waals surface area (Å²) in [5.41, 5.74) is 6.14. The zero-order valence-electron chi connectivity index (χ0n) is 11.8. The average molecular weight is 260 g/mol. The second-order valence-corrected chi connectivity index (χ2v) is 7.00. The summed E-state index contributed by atoms with van der Waals surface area (Å²) in [5, 5.41) is 4.73. The largest absolute Gasteiger partial charge is 0.368 e. The number of anilines is 1. The van der Waals surface area contributed by atoms with Crippen LogP contribution < -0.4 is 5.73 Å². The first-order valence-corrected chi connectivity index (χ1v) is 7.95. The van der Waals surface area contributed by atoms with Crippen molar-refractivity contribution in [1.82, 2.24) is 14.8 Å². The van der Waals surface area contributed by atoms with Crippen LogP contribution in [0.15, 0.2) is 0 Å². The van der Waals surface area contributed by atoms with E-state index in [2.05, 4.69) is 16.6 Å². The van der Waals surface area contributed by atoms with Crippen LogP contribution in [0.1, 0.15) is 57.3 Å². The number of aromatic nitrogens is 3. The highest BCUT2D eigenvalue weighted by atomic mass is 15.4. The SMILES string of the molecule is CCCc1nc(N)n(C2C3CC4CC(C3)CC2C4)n1. The van der Waals surface area contributed by atoms with Crippen molar-refractivity contribution >= 4 is 5.95 Å². The fourth-order valence-electron chi connectivity index (χ4n) is 5.23.